The molecule has 0 radical (unpaired) electrons. The lowest BCUT2D eigenvalue weighted by Gasteiger charge is -2.16. The van der Waals surface area contributed by atoms with Crippen LogP contribution in [0.25, 0.3) is 11.5 Å². The second-order valence-corrected chi connectivity index (χ2v) is 6.46. The molecule has 0 amide bonds. The highest BCUT2D eigenvalue weighted by Crippen LogP contribution is 2.36. The van der Waals surface area contributed by atoms with Crippen molar-refractivity contribution in [2.45, 2.75) is 26.4 Å². The Kier molecular flexibility index (Phi) is 5.15. The van der Waals surface area contributed by atoms with Crippen molar-refractivity contribution in [2.75, 3.05) is 6.54 Å². The number of hydrogen-bond donors (Lipinski definition) is 0. The lowest BCUT2D eigenvalue weighted by atomic mass is 9.88. The molecule has 3 atom stereocenters. The van der Waals surface area contributed by atoms with Crippen LogP contribution in [0, 0.1) is 27.9 Å². The van der Waals surface area contributed by atoms with Crippen LogP contribution in [0.2, 0.25) is 0 Å². The molecule has 9 nitrogen and oxygen atoms in total. The lowest BCUT2D eigenvalue weighted by molar-refractivity contribution is -0.490. The molecule has 1 fully saturated rings. The molecule has 0 saturated heterocycles. The predicted molar refractivity (Wildman–Crippen MR) is 86.2 cm³/mol. The van der Waals surface area contributed by atoms with Gasteiger partial charge in [0.1, 0.15) is 18.1 Å². The summed E-state index contributed by atoms with van der Waals surface area (Å²) >= 11 is 0. The van der Waals surface area contributed by atoms with Crippen LogP contribution in [0.4, 0.5) is 0 Å². The van der Waals surface area contributed by atoms with Gasteiger partial charge in [0.15, 0.2) is 5.76 Å². The van der Waals surface area contributed by atoms with E-state index < -0.39 is 22.7 Å². The number of ketones is 1. The molecule has 0 N–H and O–H groups in total. The Hall–Kier alpha value is -2.97. The number of rotatable bonds is 7. The van der Waals surface area contributed by atoms with Crippen molar-refractivity contribution in [2.24, 2.45) is 17.8 Å². The fourth-order valence-corrected chi connectivity index (χ4v) is 3.31. The van der Waals surface area contributed by atoms with Crippen molar-refractivity contribution < 1.29 is 28.2 Å². The first-order valence-corrected chi connectivity index (χ1v) is 8.23. The van der Waals surface area contributed by atoms with E-state index in [1.54, 1.807) is 25.1 Å². The molecule has 2 aromatic heterocycles. The van der Waals surface area contributed by atoms with Gasteiger partial charge < -0.3 is 13.7 Å². The minimum Gasteiger partial charge on any atom is -0.461 e. The molecule has 9 heteroatoms. The molecule has 0 aliphatic heterocycles. The maximum Gasteiger partial charge on any atom is 0.306 e. The van der Waals surface area contributed by atoms with Gasteiger partial charge in [0, 0.05) is 29.2 Å². The highest BCUT2D eigenvalue weighted by Gasteiger charge is 2.44. The van der Waals surface area contributed by atoms with Gasteiger partial charge in [-0.15, -0.1) is 0 Å². The number of nitro groups is 1. The predicted octanol–water partition coefficient (Wildman–Crippen LogP) is 2.49. The first kappa shape index (κ1) is 17.8. The van der Waals surface area contributed by atoms with Gasteiger partial charge >= 0.3 is 5.97 Å². The van der Waals surface area contributed by atoms with Gasteiger partial charge in [0.05, 0.1) is 12.7 Å². The molecular formula is C17H18N2O7. The molecule has 0 aromatic carbocycles. The summed E-state index contributed by atoms with van der Waals surface area (Å²) in [5.74, 6) is -1.02. The average Bonchev–Trinajstić information content (AvgIpc) is 3.29. The van der Waals surface area contributed by atoms with E-state index in [1.807, 2.05) is 0 Å². The third-order valence-corrected chi connectivity index (χ3v) is 4.63. The number of Topliss-reactive ketones (excluding diaryl/α,β-unsaturated/α-hetero) is 1. The summed E-state index contributed by atoms with van der Waals surface area (Å²) in [5, 5.41) is 14.6. The Morgan fingerprint density at radius 3 is 2.96 bits per heavy atom. The topological polar surface area (TPSA) is 126 Å². The third-order valence-electron chi connectivity index (χ3n) is 4.63. The molecule has 138 valence electrons. The van der Waals surface area contributed by atoms with Crippen LogP contribution in [-0.2, 0) is 20.9 Å². The van der Waals surface area contributed by atoms with Gasteiger partial charge in [-0.05, 0) is 18.1 Å². The van der Waals surface area contributed by atoms with Crippen LogP contribution >= 0.6 is 0 Å². The van der Waals surface area contributed by atoms with E-state index in [0.29, 0.717) is 17.2 Å². The van der Waals surface area contributed by atoms with Crippen LogP contribution in [0.3, 0.4) is 0 Å². The van der Waals surface area contributed by atoms with Gasteiger partial charge in [0.2, 0.25) is 12.3 Å². The second kappa shape index (κ2) is 7.51. The van der Waals surface area contributed by atoms with Crippen molar-refractivity contribution in [1.82, 2.24) is 5.16 Å². The maximum absolute atomic E-state index is 12.1. The van der Waals surface area contributed by atoms with Crippen molar-refractivity contribution >= 4 is 11.8 Å². The molecule has 1 aliphatic rings. The summed E-state index contributed by atoms with van der Waals surface area (Å²) in [6.07, 6.45) is 1.59. The SMILES string of the molecule is C[C@H]1CC(=O)[C@@H](CC(=O)OCc2cc(-c3ccco3)on2)[C@@H]1C[N+](=O)[O-]. The van der Waals surface area contributed by atoms with Gasteiger partial charge in [-0.3, -0.25) is 19.7 Å². The summed E-state index contributed by atoms with van der Waals surface area (Å²) in [5.41, 5.74) is 0.401. The smallest absolute Gasteiger partial charge is 0.306 e. The molecule has 2 heterocycles. The average molecular weight is 362 g/mol. The van der Waals surface area contributed by atoms with E-state index in [0.717, 1.165) is 0 Å². The Morgan fingerprint density at radius 2 is 2.27 bits per heavy atom. The number of carbonyl (C=O) groups is 2. The molecule has 0 unspecified atom stereocenters. The molecule has 2 aromatic rings. The van der Waals surface area contributed by atoms with E-state index in [1.165, 1.54) is 6.26 Å². The number of nitrogens with zero attached hydrogens (tertiary/aromatic N) is 2. The van der Waals surface area contributed by atoms with Gasteiger partial charge in [-0.2, -0.15) is 0 Å². The fraction of sp³-hybridized carbons (Fsp3) is 0.471. The Balaban J connectivity index is 1.55. The molecular weight excluding hydrogens is 344 g/mol. The van der Waals surface area contributed by atoms with Crippen LogP contribution in [0.5, 0.6) is 0 Å². The van der Waals surface area contributed by atoms with E-state index in [-0.39, 0.29) is 37.7 Å². The zero-order valence-corrected chi connectivity index (χ0v) is 14.1. The molecule has 0 spiro atoms. The number of furan rings is 1. The quantitative estimate of drug-likeness (QED) is 0.418. The van der Waals surface area contributed by atoms with Crippen molar-refractivity contribution in [3.63, 3.8) is 0 Å². The van der Waals surface area contributed by atoms with Crippen molar-refractivity contribution in [3.05, 3.63) is 40.3 Å². The molecule has 0 bridgehead atoms. The van der Waals surface area contributed by atoms with E-state index >= 15 is 0 Å². The molecule has 26 heavy (non-hydrogen) atoms. The largest absolute Gasteiger partial charge is 0.461 e. The Labute approximate surface area is 148 Å². The van der Waals surface area contributed by atoms with Crippen molar-refractivity contribution in [3.8, 4) is 11.5 Å². The summed E-state index contributed by atoms with van der Waals surface area (Å²) in [7, 11) is 0. The summed E-state index contributed by atoms with van der Waals surface area (Å²) < 4.78 is 15.4. The minimum absolute atomic E-state index is 0.112. The standard InChI is InChI=1S/C17H18N2O7/c1-10-5-14(20)12(13(10)8-19(22)23)7-17(21)25-9-11-6-16(26-18-11)15-3-2-4-24-15/h2-4,6,10,12-13H,5,7-9H2,1H3/t10-,12-,13+/m0/s1. The van der Waals surface area contributed by atoms with Crippen LogP contribution in [-0.4, -0.2) is 28.4 Å². The Morgan fingerprint density at radius 1 is 1.46 bits per heavy atom. The molecule has 1 saturated carbocycles. The number of carbonyl (C=O) groups excluding carboxylic acids is 2. The first-order valence-electron chi connectivity index (χ1n) is 8.23. The highest BCUT2D eigenvalue weighted by molar-refractivity contribution is 5.87. The number of hydrogen-bond acceptors (Lipinski definition) is 8. The summed E-state index contributed by atoms with van der Waals surface area (Å²) in [4.78, 5) is 34.5. The van der Waals surface area contributed by atoms with Crippen LogP contribution in [0.1, 0.15) is 25.5 Å². The molecule has 1 aliphatic carbocycles. The third kappa shape index (κ3) is 3.98. The highest BCUT2D eigenvalue weighted by atomic mass is 16.6. The number of esters is 1. The van der Waals surface area contributed by atoms with E-state index in [4.69, 9.17) is 13.7 Å². The number of aromatic nitrogens is 1. The maximum atomic E-state index is 12.1. The lowest BCUT2D eigenvalue weighted by Crippen LogP contribution is -2.27. The van der Waals surface area contributed by atoms with E-state index in [2.05, 4.69) is 5.16 Å². The van der Waals surface area contributed by atoms with E-state index in [9.17, 15) is 19.7 Å². The van der Waals surface area contributed by atoms with Gasteiger partial charge in [-0.25, -0.2) is 0 Å². The normalized spacial score (nSPS) is 22.5. The van der Waals surface area contributed by atoms with Crippen LogP contribution < -0.4 is 0 Å². The van der Waals surface area contributed by atoms with Crippen LogP contribution in [0.15, 0.2) is 33.4 Å². The fourth-order valence-electron chi connectivity index (χ4n) is 3.31. The monoisotopic (exact) mass is 362 g/mol. The summed E-state index contributed by atoms with van der Waals surface area (Å²) in [6, 6.07) is 5.00. The summed E-state index contributed by atoms with van der Waals surface area (Å²) in [6.45, 7) is 1.36. The minimum atomic E-state index is -0.668. The molecule has 3 rings (SSSR count). The number of ether oxygens (including phenoxy) is 1. The Bertz CT molecular complexity index is 796. The zero-order chi connectivity index (χ0) is 18.7. The van der Waals surface area contributed by atoms with Gasteiger partial charge in [0.25, 0.3) is 0 Å². The second-order valence-electron chi connectivity index (χ2n) is 6.46. The first-order chi connectivity index (χ1) is 12.4. The van der Waals surface area contributed by atoms with Gasteiger partial charge in [-0.1, -0.05) is 12.1 Å². The van der Waals surface area contributed by atoms with Crippen molar-refractivity contribution in [1.29, 1.82) is 0 Å². The zero-order valence-electron chi connectivity index (χ0n) is 14.1.